The lowest BCUT2D eigenvalue weighted by atomic mass is 10.2. The highest BCUT2D eigenvalue weighted by Gasteiger charge is 2.16. The summed E-state index contributed by atoms with van der Waals surface area (Å²) in [6, 6.07) is 25.2. The fourth-order valence-corrected chi connectivity index (χ4v) is 4.10. The van der Waals surface area contributed by atoms with Gasteiger partial charge in [0.15, 0.2) is 11.0 Å². The topological polar surface area (TPSA) is 59.8 Å². The quantitative estimate of drug-likeness (QED) is 0.382. The molecule has 0 unspecified atom stereocenters. The predicted octanol–water partition coefficient (Wildman–Crippen LogP) is 5.45. The van der Waals surface area contributed by atoms with Gasteiger partial charge in [-0.3, -0.25) is 9.36 Å². The minimum Gasteiger partial charge on any atom is -0.345 e. The number of benzene rings is 3. The number of aryl methyl sites for hydroxylation is 1. The summed E-state index contributed by atoms with van der Waals surface area (Å²) in [5.41, 5.74) is 3.89. The number of carbonyl (C=O) groups excluding carboxylic acids is 1. The van der Waals surface area contributed by atoms with Crippen LogP contribution in [0.4, 0.5) is 0 Å². The molecule has 0 radical (unpaired) electrons. The molecule has 0 saturated heterocycles. The molecule has 0 spiro atoms. The number of hydrogen-bond acceptors (Lipinski definition) is 4. The van der Waals surface area contributed by atoms with Gasteiger partial charge >= 0.3 is 0 Å². The zero-order valence-corrected chi connectivity index (χ0v) is 18.5. The van der Waals surface area contributed by atoms with Crippen LogP contribution in [0.5, 0.6) is 0 Å². The molecule has 5 nitrogen and oxygen atoms in total. The standard InChI is InChI=1S/C24H21ClN4OS/c1-17-7-13-21(14-8-17)29-22(15-26-23(30)19-9-11-20(25)12-10-19)27-28-24(29)31-16-18-5-3-2-4-6-18/h2-14H,15-16H2,1H3,(H,26,30). The van der Waals surface area contributed by atoms with Crippen LogP contribution < -0.4 is 5.32 Å². The number of aromatic nitrogens is 3. The van der Waals surface area contributed by atoms with E-state index < -0.39 is 0 Å². The number of thioether (sulfide) groups is 1. The van der Waals surface area contributed by atoms with E-state index in [1.807, 2.05) is 41.8 Å². The Morgan fingerprint density at radius 2 is 1.68 bits per heavy atom. The van der Waals surface area contributed by atoms with Gasteiger partial charge in [-0.1, -0.05) is 71.4 Å². The maximum absolute atomic E-state index is 12.5. The zero-order chi connectivity index (χ0) is 21.6. The van der Waals surface area contributed by atoms with Crippen LogP contribution in [0, 0.1) is 6.92 Å². The van der Waals surface area contributed by atoms with Crippen molar-refractivity contribution in [2.45, 2.75) is 24.4 Å². The van der Waals surface area contributed by atoms with Crippen molar-refractivity contribution in [3.8, 4) is 5.69 Å². The monoisotopic (exact) mass is 448 g/mol. The highest BCUT2D eigenvalue weighted by atomic mass is 35.5. The van der Waals surface area contributed by atoms with Gasteiger partial charge < -0.3 is 5.32 Å². The number of nitrogens with one attached hydrogen (secondary N) is 1. The lowest BCUT2D eigenvalue weighted by Crippen LogP contribution is -2.24. The molecular weight excluding hydrogens is 428 g/mol. The van der Waals surface area contributed by atoms with Gasteiger partial charge in [-0.2, -0.15) is 0 Å². The molecule has 1 aromatic heterocycles. The second-order valence-corrected chi connectivity index (χ2v) is 8.41. The fraction of sp³-hybridized carbons (Fsp3) is 0.125. The van der Waals surface area contributed by atoms with E-state index >= 15 is 0 Å². The first-order chi connectivity index (χ1) is 15.1. The Bertz CT molecular complexity index is 1160. The van der Waals surface area contributed by atoms with Crippen molar-refractivity contribution in [3.63, 3.8) is 0 Å². The smallest absolute Gasteiger partial charge is 0.251 e. The van der Waals surface area contributed by atoms with Crippen LogP contribution in [-0.4, -0.2) is 20.7 Å². The Morgan fingerprint density at radius 3 is 2.39 bits per heavy atom. The van der Waals surface area contributed by atoms with Gasteiger partial charge in [0.05, 0.1) is 6.54 Å². The minimum atomic E-state index is -0.186. The summed E-state index contributed by atoms with van der Waals surface area (Å²) in [6.07, 6.45) is 0. The summed E-state index contributed by atoms with van der Waals surface area (Å²) in [4.78, 5) is 12.5. The number of nitrogens with zero attached hydrogens (tertiary/aromatic N) is 3. The van der Waals surface area contributed by atoms with Crippen LogP contribution in [0.1, 0.15) is 27.3 Å². The van der Waals surface area contributed by atoms with Crippen molar-refractivity contribution < 1.29 is 4.79 Å². The van der Waals surface area contributed by atoms with E-state index in [9.17, 15) is 4.79 Å². The summed E-state index contributed by atoms with van der Waals surface area (Å²) in [5, 5.41) is 13.1. The van der Waals surface area contributed by atoms with Gasteiger partial charge in [0.1, 0.15) is 0 Å². The lowest BCUT2D eigenvalue weighted by molar-refractivity contribution is 0.0949. The summed E-state index contributed by atoms with van der Waals surface area (Å²) >= 11 is 7.52. The van der Waals surface area contributed by atoms with E-state index in [0.29, 0.717) is 16.4 Å². The van der Waals surface area contributed by atoms with Gasteiger partial charge in [0.25, 0.3) is 5.91 Å². The Morgan fingerprint density at radius 1 is 0.968 bits per heavy atom. The van der Waals surface area contributed by atoms with Gasteiger partial charge in [0.2, 0.25) is 0 Å². The number of amides is 1. The van der Waals surface area contributed by atoms with Gasteiger partial charge in [-0.05, 0) is 48.9 Å². The average molecular weight is 449 g/mol. The molecule has 0 saturated carbocycles. The molecule has 0 bridgehead atoms. The molecule has 0 atom stereocenters. The maximum Gasteiger partial charge on any atom is 0.251 e. The highest BCUT2D eigenvalue weighted by Crippen LogP contribution is 2.25. The third-order valence-electron chi connectivity index (χ3n) is 4.72. The van der Waals surface area contributed by atoms with Gasteiger partial charge in [-0.25, -0.2) is 0 Å². The van der Waals surface area contributed by atoms with Crippen molar-refractivity contribution in [1.82, 2.24) is 20.1 Å². The Hall–Kier alpha value is -3.09. The van der Waals surface area contributed by atoms with E-state index in [1.54, 1.807) is 36.0 Å². The van der Waals surface area contributed by atoms with Crippen LogP contribution in [0.2, 0.25) is 5.02 Å². The first-order valence-corrected chi connectivity index (χ1v) is 11.2. The SMILES string of the molecule is Cc1ccc(-n2c(CNC(=O)c3ccc(Cl)cc3)nnc2SCc2ccccc2)cc1. The van der Waals surface area contributed by atoms with Crippen molar-refractivity contribution in [2.75, 3.05) is 0 Å². The molecule has 31 heavy (non-hydrogen) atoms. The molecule has 4 rings (SSSR count). The second-order valence-electron chi connectivity index (χ2n) is 7.03. The molecule has 1 heterocycles. The number of carbonyl (C=O) groups is 1. The zero-order valence-electron chi connectivity index (χ0n) is 17.0. The largest absolute Gasteiger partial charge is 0.345 e. The molecule has 7 heteroatoms. The van der Waals surface area contributed by atoms with E-state index in [0.717, 1.165) is 16.6 Å². The lowest BCUT2D eigenvalue weighted by Gasteiger charge is -2.11. The molecule has 1 N–H and O–H groups in total. The molecule has 1 amide bonds. The third-order valence-corrected chi connectivity index (χ3v) is 5.97. The first-order valence-electron chi connectivity index (χ1n) is 9.82. The van der Waals surface area contributed by atoms with Crippen molar-refractivity contribution in [1.29, 1.82) is 0 Å². The molecule has 0 aliphatic carbocycles. The molecule has 0 aliphatic rings. The Labute approximate surface area is 190 Å². The van der Waals surface area contributed by atoms with E-state index in [-0.39, 0.29) is 12.5 Å². The summed E-state index contributed by atoms with van der Waals surface area (Å²) in [5.74, 6) is 1.26. The normalized spacial score (nSPS) is 10.8. The van der Waals surface area contributed by atoms with Crippen molar-refractivity contribution in [2.24, 2.45) is 0 Å². The summed E-state index contributed by atoms with van der Waals surface area (Å²) in [7, 11) is 0. The van der Waals surface area contributed by atoms with Crippen LogP contribution in [0.25, 0.3) is 5.69 Å². The van der Waals surface area contributed by atoms with Crippen LogP contribution in [0.3, 0.4) is 0 Å². The molecule has 156 valence electrons. The van der Waals surface area contributed by atoms with Crippen LogP contribution in [-0.2, 0) is 12.3 Å². The Balaban J connectivity index is 1.56. The molecule has 0 aliphatic heterocycles. The van der Waals surface area contributed by atoms with Crippen LogP contribution >= 0.6 is 23.4 Å². The predicted molar refractivity (Wildman–Crippen MR) is 125 cm³/mol. The molecule has 4 aromatic rings. The number of hydrogen-bond donors (Lipinski definition) is 1. The minimum absolute atomic E-state index is 0.186. The summed E-state index contributed by atoms with van der Waals surface area (Å²) in [6.45, 7) is 2.31. The third kappa shape index (κ3) is 5.34. The van der Waals surface area contributed by atoms with E-state index in [4.69, 9.17) is 11.6 Å². The first kappa shape index (κ1) is 21.2. The van der Waals surface area contributed by atoms with E-state index in [1.165, 1.54) is 11.1 Å². The highest BCUT2D eigenvalue weighted by molar-refractivity contribution is 7.98. The molecular formula is C24H21ClN4OS. The Kier molecular flexibility index (Phi) is 6.70. The number of halogens is 1. The average Bonchev–Trinajstić information content (AvgIpc) is 3.20. The maximum atomic E-state index is 12.5. The fourth-order valence-electron chi connectivity index (χ4n) is 3.05. The van der Waals surface area contributed by atoms with E-state index in [2.05, 4.69) is 39.8 Å². The van der Waals surface area contributed by atoms with Gasteiger partial charge in [0, 0.05) is 22.0 Å². The summed E-state index contributed by atoms with van der Waals surface area (Å²) < 4.78 is 2.00. The molecule has 3 aromatic carbocycles. The van der Waals surface area contributed by atoms with Gasteiger partial charge in [-0.15, -0.1) is 10.2 Å². The van der Waals surface area contributed by atoms with Crippen molar-refractivity contribution in [3.05, 3.63) is 106 Å². The second kappa shape index (κ2) is 9.81. The molecule has 0 fully saturated rings. The van der Waals surface area contributed by atoms with Crippen molar-refractivity contribution >= 4 is 29.3 Å². The number of rotatable bonds is 7. The van der Waals surface area contributed by atoms with Crippen LogP contribution in [0.15, 0.2) is 84.0 Å².